The van der Waals surface area contributed by atoms with Crippen LogP contribution in [-0.4, -0.2) is 25.7 Å². The van der Waals surface area contributed by atoms with Gasteiger partial charge >= 0.3 is 5.97 Å². The number of carbonyl (C=O) groups is 1. The fourth-order valence-corrected chi connectivity index (χ4v) is 3.72. The third kappa shape index (κ3) is 3.03. The number of benzene rings is 1. The molecule has 1 N–H and O–H groups in total. The van der Waals surface area contributed by atoms with Gasteiger partial charge in [-0.1, -0.05) is 23.5 Å². The Balaban J connectivity index is 1.48. The van der Waals surface area contributed by atoms with Crippen molar-refractivity contribution in [1.82, 2.24) is 14.6 Å². The van der Waals surface area contributed by atoms with E-state index in [0.29, 0.717) is 32.6 Å². The third-order valence-electron chi connectivity index (χ3n) is 4.24. The van der Waals surface area contributed by atoms with Crippen LogP contribution in [0.3, 0.4) is 0 Å². The first-order valence-corrected chi connectivity index (χ1v) is 9.29. The lowest BCUT2D eigenvalue weighted by Gasteiger charge is -1.98. The number of thiazole rings is 1. The van der Waals surface area contributed by atoms with Gasteiger partial charge in [0, 0.05) is 11.6 Å². The molecule has 0 bridgehead atoms. The normalized spacial score (nSPS) is 12.1. The quantitative estimate of drug-likeness (QED) is 0.489. The Bertz CT molecular complexity index is 1440. The first-order chi connectivity index (χ1) is 14.1. The molecule has 0 aliphatic heterocycles. The van der Waals surface area contributed by atoms with E-state index in [-0.39, 0.29) is 11.1 Å². The number of aromatic carboxylic acids is 1. The standard InChI is InChI=1S/C20H11N3O5S/c24-18-16(29-20-21-17(22-23(18)20)15-2-1-9-27-15)10-13-7-8-14(28-13)11-3-5-12(6-4-11)19(25)26/h1-10H,(H,25,26)/b16-10-. The molecule has 0 saturated carbocycles. The topological polar surface area (TPSA) is 111 Å². The van der Waals surface area contributed by atoms with Crippen molar-refractivity contribution in [1.29, 1.82) is 0 Å². The number of hydrogen-bond acceptors (Lipinski definition) is 7. The molecule has 0 aliphatic rings. The summed E-state index contributed by atoms with van der Waals surface area (Å²) in [7, 11) is 0. The van der Waals surface area contributed by atoms with Crippen LogP contribution in [0.1, 0.15) is 16.1 Å². The molecular formula is C20H11N3O5S. The van der Waals surface area contributed by atoms with E-state index >= 15 is 0 Å². The molecule has 0 spiro atoms. The highest BCUT2D eigenvalue weighted by Gasteiger charge is 2.14. The molecule has 0 radical (unpaired) electrons. The molecule has 142 valence electrons. The lowest BCUT2D eigenvalue weighted by molar-refractivity contribution is 0.0697. The van der Waals surface area contributed by atoms with Crippen molar-refractivity contribution >= 4 is 28.3 Å². The van der Waals surface area contributed by atoms with Crippen LogP contribution in [-0.2, 0) is 0 Å². The minimum absolute atomic E-state index is 0.200. The summed E-state index contributed by atoms with van der Waals surface area (Å²) >= 11 is 1.20. The molecule has 29 heavy (non-hydrogen) atoms. The predicted molar refractivity (Wildman–Crippen MR) is 105 cm³/mol. The molecule has 5 rings (SSSR count). The average Bonchev–Trinajstić information content (AvgIpc) is 3.49. The van der Waals surface area contributed by atoms with Crippen LogP contribution in [0.4, 0.5) is 0 Å². The van der Waals surface area contributed by atoms with E-state index in [2.05, 4.69) is 10.1 Å². The maximum atomic E-state index is 12.6. The second-order valence-electron chi connectivity index (χ2n) is 6.11. The smallest absolute Gasteiger partial charge is 0.335 e. The van der Waals surface area contributed by atoms with Crippen molar-refractivity contribution in [3.05, 3.63) is 81.0 Å². The van der Waals surface area contributed by atoms with Crippen LogP contribution in [0.5, 0.6) is 0 Å². The van der Waals surface area contributed by atoms with Gasteiger partial charge in [-0.25, -0.2) is 4.79 Å². The molecule has 0 unspecified atom stereocenters. The Morgan fingerprint density at radius 1 is 1.10 bits per heavy atom. The number of nitrogens with zero attached hydrogens (tertiary/aromatic N) is 3. The van der Waals surface area contributed by atoms with Crippen LogP contribution in [0, 0.1) is 0 Å². The van der Waals surface area contributed by atoms with Crippen molar-refractivity contribution in [3.63, 3.8) is 0 Å². The molecule has 4 heterocycles. The number of carboxylic acid groups (broad SMARTS) is 1. The molecule has 5 aromatic rings. The highest BCUT2D eigenvalue weighted by molar-refractivity contribution is 7.15. The van der Waals surface area contributed by atoms with Crippen LogP contribution >= 0.6 is 11.3 Å². The number of fused-ring (bicyclic) bond motifs is 1. The number of rotatable bonds is 4. The highest BCUT2D eigenvalue weighted by Crippen LogP contribution is 2.23. The fourth-order valence-electron chi connectivity index (χ4n) is 2.84. The summed E-state index contributed by atoms with van der Waals surface area (Å²) in [6.45, 7) is 0. The average molecular weight is 405 g/mol. The minimum atomic E-state index is -0.987. The van der Waals surface area contributed by atoms with E-state index in [0.717, 1.165) is 5.56 Å². The molecule has 0 saturated heterocycles. The van der Waals surface area contributed by atoms with Gasteiger partial charge in [0.25, 0.3) is 5.56 Å². The van der Waals surface area contributed by atoms with Crippen molar-refractivity contribution in [2.45, 2.75) is 0 Å². The zero-order valence-electron chi connectivity index (χ0n) is 14.6. The number of furan rings is 2. The van der Waals surface area contributed by atoms with Gasteiger partial charge in [-0.15, -0.1) is 5.10 Å². The highest BCUT2D eigenvalue weighted by atomic mass is 32.1. The Morgan fingerprint density at radius 2 is 1.93 bits per heavy atom. The van der Waals surface area contributed by atoms with E-state index in [4.69, 9.17) is 13.9 Å². The molecule has 8 nitrogen and oxygen atoms in total. The van der Waals surface area contributed by atoms with E-state index < -0.39 is 5.97 Å². The number of aromatic nitrogens is 3. The summed E-state index contributed by atoms with van der Waals surface area (Å²) in [6.07, 6.45) is 3.15. The molecule has 0 aliphatic carbocycles. The minimum Gasteiger partial charge on any atom is -0.478 e. The fraction of sp³-hybridized carbons (Fsp3) is 0. The maximum Gasteiger partial charge on any atom is 0.335 e. The molecule has 0 fully saturated rings. The Hall–Kier alpha value is -3.98. The Kier molecular flexibility index (Phi) is 3.88. The van der Waals surface area contributed by atoms with Gasteiger partial charge in [0.2, 0.25) is 10.8 Å². The van der Waals surface area contributed by atoms with E-state index in [1.165, 1.54) is 34.2 Å². The molecule has 1 aromatic carbocycles. The van der Waals surface area contributed by atoms with Crippen LogP contribution in [0.25, 0.3) is 33.9 Å². The third-order valence-corrected chi connectivity index (χ3v) is 5.20. The van der Waals surface area contributed by atoms with Crippen molar-refractivity contribution in [3.8, 4) is 22.9 Å². The van der Waals surface area contributed by atoms with Crippen LogP contribution in [0.15, 0.2) is 68.4 Å². The summed E-state index contributed by atoms with van der Waals surface area (Å²) in [5, 5.41) is 13.2. The largest absolute Gasteiger partial charge is 0.478 e. The van der Waals surface area contributed by atoms with E-state index in [1.54, 1.807) is 42.5 Å². The summed E-state index contributed by atoms with van der Waals surface area (Å²) in [5.74, 6) is 0.931. The lowest BCUT2D eigenvalue weighted by Crippen LogP contribution is -2.23. The second kappa shape index (κ2) is 6.57. The predicted octanol–water partition coefficient (Wildman–Crippen LogP) is 2.92. The monoisotopic (exact) mass is 405 g/mol. The SMILES string of the molecule is O=C(O)c1ccc(-c2ccc(/C=c3\sc4nc(-c5ccco5)nn4c3=O)o2)cc1. The molecule has 0 amide bonds. The summed E-state index contributed by atoms with van der Waals surface area (Å²) < 4.78 is 12.7. The van der Waals surface area contributed by atoms with E-state index in [9.17, 15) is 9.59 Å². The zero-order chi connectivity index (χ0) is 20.0. The van der Waals surface area contributed by atoms with Crippen LogP contribution < -0.4 is 10.1 Å². The Morgan fingerprint density at radius 3 is 2.62 bits per heavy atom. The van der Waals surface area contributed by atoms with Crippen molar-refractivity contribution in [2.24, 2.45) is 0 Å². The van der Waals surface area contributed by atoms with Gasteiger partial charge in [-0.2, -0.15) is 9.50 Å². The Labute approximate surface area is 166 Å². The maximum absolute atomic E-state index is 12.6. The molecule has 9 heteroatoms. The van der Waals surface area contributed by atoms with Gasteiger partial charge in [0.1, 0.15) is 16.1 Å². The summed E-state index contributed by atoms with van der Waals surface area (Å²) in [4.78, 5) is 28.4. The first-order valence-electron chi connectivity index (χ1n) is 8.47. The number of hydrogen-bond donors (Lipinski definition) is 1. The van der Waals surface area contributed by atoms with E-state index in [1.807, 2.05) is 0 Å². The van der Waals surface area contributed by atoms with Gasteiger partial charge in [0.15, 0.2) is 5.76 Å². The van der Waals surface area contributed by atoms with Gasteiger partial charge < -0.3 is 13.9 Å². The molecule has 0 atom stereocenters. The van der Waals surface area contributed by atoms with Gasteiger partial charge in [-0.05, 0) is 36.4 Å². The number of carboxylic acids is 1. The van der Waals surface area contributed by atoms with Crippen molar-refractivity contribution < 1.29 is 18.7 Å². The van der Waals surface area contributed by atoms with Gasteiger partial charge in [-0.3, -0.25) is 4.79 Å². The summed E-state index contributed by atoms with van der Waals surface area (Å²) in [5.41, 5.74) is 0.647. The van der Waals surface area contributed by atoms with Crippen LogP contribution in [0.2, 0.25) is 0 Å². The molecular weight excluding hydrogens is 394 g/mol. The second-order valence-corrected chi connectivity index (χ2v) is 7.12. The lowest BCUT2D eigenvalue weighted by atomic mass is 10.1. The summed E-state index contributed by atoms with van der Waals surface area (Å²) in [6, 6.07) is 13.3. The molecule has 4 aromatic heterocycles. The van der Waals surface area contributed by atoms with Gasteiger partial charge in [0.05, 0.1) is 11.8 Å². The van der Waals surface area contributed by atoms with Crippen molar-refractivity contribution in [2.75, 3.05) is 0 Å². The zero-order valence-corrected chi connectivity index (χ0v) is 15.4. The first kappa shape index (κ1) is 17.1.